The van der Waals surface area contributed by atoms with E-state index in [9.17, 15) is 5.26 Å². The first-order valence-corrected chi connectivity index (χ1v) is 10.4. The molecule has 3 atom stereocenters. The minimum Gasteiger partial charge on any atom is -0.381 e. The molecule has 2 aliphatic rings. The molecule has 1 saturated carbocycles. The van der Waals surface area contributed by atoms with Crippen molar-refractivity contribution in [1.82, 2.24) is 4.90 Å². The van der Waals surface area contributed by atoms with Gasteiger partial charge in [0.25, 0.3) is 0 Å². The third-order valence-corrected chi connectivity index (χ3v) is 6.57. The van der Waals surface area contributed by atoms with Crippen molar-refractivity contribution < 1.29 is 0 Å². The molecule has 0 heterocycles. The SMILES string of the molecule is CN(C)C1=CC=C(c2ccc(N(C)C)cc2)C2C1C2(C#N)c1ccc(N(C)C)cc1. The molecular weight excluding hydrogens is 368 g/mol. The first-order chi connectivity index (χ1) is 14.3. The highest BCUT2D eigenvalue weighted by atomic mass is 15.1. The predicted molar refractivity (Wildman–Crippen MR) is 126 cm³/mol. The lowest BCUT2D eigenvalue weighted by Gasteiger charge is -2.21. The number of benzene rings is 2. The first-order valence-electron chi connectivity index (χ1n) is 10.4. The minimum absolute atomic E-state index is 0.167. The molecule has 2 aliphatic carbocycles. The fraction of sp³-hybridized carbons (Fsp3) is 0.346. The number of nitrogens with zero attached hydrogens (tertiary/aromatic N) is 4. The molecule has 0 amide bonds. The van der Waals surface area contributed by atoms with Crippen LogP contribution < -0.4 is 9.80 Å². The van der Waals surface area contributed by atoms with Crippen LogP contribution in [-0.2, 0) is 5.41 Å². The lowest BCUT2D eigenvalue weighted by atomic mass is 9.89. The van der Waals surface area contributed by atoms with E-state index in [0.29, 0.717) is 0 Å². The molecule has 0 spiro atoms. The lowest BCUT2D eigenvalue weighted by Crippen LogP contribution is -2.18. The van der Waals surface area contributed by atoms with Gasteiger partial charge in [-0.3, -0.25) is 0 Å². The third kappa shape index (κ3) is 2.97. The van der Waals surface area contributed by atoms with E-state index in [2.05, 4.69) is 110 Å². The van der Waals surface area contributed by atoms with Crippen LogP contribution in [0.15, 0.2) is 66.4 Å². The molecule has 0 saturated heterocycles. The van der Waals surface area contributed by atoms with Crippen molar-refractivity contribution in [3.05, 3.63) is 77.5 Å². The second-order valence-corrected chi connectivity index (χ2v) is 8.93. The van der Waals surface area contributed by atoms with Crippen LogP contribution in [0.4, 0.5) is 11.4 Å². The fourth-order valence-corrected chi connectivity index (χ4v) is 4.85. The van der Waals surface area contributed by atoms with Crippen molar-refractivity contribution in [2.75, 3.05) is 52.1 Å². The van der Waals surface area contributed by atoms with Crippen molar-refractivity contribution in [3.63, 3.8) is 0 Å². The maximum atomic E-state index is 10.5. The standard InChI is InChI=1S/C26H30N4/c1-28(2)20-11-7-18(8-12-20)22-15-16-23(30(5)6)25-24(22)26(25,17-27)19-9-13-21(14-10-19)29(3)4/h7-16,24-25H,1-6H3. The van der Waals surface area contributed by atoms with E-state index in [1.807, 2.05) is 14.1 Å². The van der Waals surface area contributed by atoms with Gasteiger partial charge in [-0.1, -0.05) is 30.3 Å². The minimum atomic E-state index is -0.524. The Kier molecular flexibility index (Phi) is 4.86. The zero-order valence-electron chi connectivity index (χ0n) is 18.7. The Hall–Kier alpha value is -3.19. The summed E-state index contributed by atoms with van der Waals surface area (Å²) >= 11 is 0. The summed E-state index contributed by atoms with van der Waals surface area (Å²) in [5, 5.41) is 10.5. The summed E-state index contributed by atoms with van der Waals surface area (Å²) in [7, 11) is 12.3. The van der Waals surface area contributed by atoms with Crippen LogP contribution in [0.2, 0.25) is 0 Å². The number of hydrogen-bond donors (Lipinski definition) is 0. The molecule has 0 aromatic heterocycles. The highest BCUT2D eigenvalue weighted by molar-refractivity contribution is 5.80. The topological polar surface area (TPSA) is 33.5 Å². The zero-order valence-corrected chi connectivity index (χ0v) is 18.7. The maximum absolute atomic E-state index is 10.5. The van der Waals surface area contributed by atoms with E-state index in [1.165, 1.54) is 22.5 Å². The Balaban J connectivity index is 1.78. The summed E-state index contributed by atoms with van der Waals surface area (Å²) in [4.78, 5) is 6.35. The van der Waals surface area contributed by atoms with E-state index in [1.54, 1.807) is 0 Å². The van der Waals surface area contributed by atoms with Gasteiger partial charge in [0, 0.05) is 71.2 Å². The molecule has 0 N–H and O–H groups in total. The van der Waals surface area contributed by atoms with E-state index in [4.69, 9.17) is 0 Å². The van der Waals surface area contributed by atoms with E-state index >= 15 is 0 Å². The largest absolute Gasteiger partial charge is 0.381 e. The summed E-state index contributed by atoms with van der Waals surface area (Å²) < 4.78 is 0. The molecule has 4 rings (SSSR count). The van der Waals surface area contributed by atoms with Gasteiger partial charge in [-0.15, -0.1) is 0 Å². The van der Waals surface area contributed by atoms with E-state index in [-0.39, 0.29) is 11.8 Å². The van der Waals surface area contributed by atoms with Crippen molar-refractivity contribution in [1.29, 1.82) is 5.26 Å². The Bertz CT molecular complexity index is 1040. The van der Waals surface area contributed by atoms with Crippen molar-refractivity contribution in [2.45, 2.75) is 5.41 Å². The number of hydrogen-bond acceptors (Lipinski definition) is 4. The molecule has 0 bridgehead atoms. The van der Waals surface area contributed by atoms with Crippen molar-refractivity contribution >= 4 is 16.9 Å². The number of nitriles is 1. The quantitative estimate of drug-likeness (QED) is 0.749. The molecular formula is C26H30N4. The average molecular weight is 399 g/mol. The van der Waals surface area contributed by atoms with Crippen LogP contribution in [0.3, 0.4) is 0 Å². The Morgan fingerprint density at radius 1 is 0.700 bits per heavy atom. The van der Waals surface area contributed by atoms with Gasteiger partial charge < -0.3 is 14.7 Å². The smallest absolute Gasteiger partial charge is 0.0986 e. The van der Waals surface area contributed by atoms with Gasteiger partial charge in [0.1, 0.15) is 0 Å². The van der Waals surface area contributed by atoms with Gasteiger partial charge in [0.15, 0.2) is 0 Å². The molecule has 0 aliphatic heterocycles. The third-order valence-electron chi connectivity index (χ3n) is 6.57. The van der Waals surface area contributed by atoms with Crippen LogP contribution in [0, 0.1) is 23.2 Å². The summed E-state index contributed by atoms with van der Waals surface area (Å²) in [6, 6.07) is 19.9. The monoisotopic (exact) mass is 398 g/mol. The first kappa shape index (κ1) is 20.1. The van der Waals surface area contributed by atoms with Gasteiger partial charge in [-0.2, -0.15) is 5.26 Å². The fourth-order valence-electron chi connectivity index (χ4n) is 4.85. The molecule has 1 fully saturated rings. The summed E-state index contributed by atoms with van der Waals surface area (Å²) in [6.07, 6.45) is 4.41. The Labute approximate surface area is 180 Å². The van der Waals surface area contributed by atoms with Crippen molar-refractivity contribution in [2.24, 2.45) is 11.8 Å². The van der Waals surface area contributed by atoms with Crippen molar-refractivity contribution in [3.8, 4) is 6.07 Å². The normalized spacial score (nSPS) is 24.2. The highest BCUT2D eigenvalue weighted by Gasteiger charge is 2.70. The maximum Gasteiger partial charge on any atom is 0.0986 e. The molecule has 2 aromatic carbocycles. The lowest BCUT2D eigenvalue weighted by molar-refractivity contribution is 0.465. The van der Waals surface area contributed by atoms with Gasteiger partial charge >= 0.3 is 0 Å². The Morgan fingerprint density at radius 3 is 1.70 bits per heavy atom. The number of fused-ring (bicyclic) bond motifs is 1. The summed E-state index contributed by atoms with van der Waals surface area (Å²) in [6.45, 7) is 0. The molecule has 4 heteroatoms. The van der Waals surface area contributed by atoms with Crippen LogP contribution in [0.25, 0.3) is 5.57 Å². The van der Waals surface area contributed by atoms with Gasteiger partial charge in [0.05, 0.1) is 11.5 Å². The molecule has 4 nitrogen and oxygen atoms in total. The van der Waals surface area contributed by atoms with Gasteiger partial charge in [-0.05, 0) is 47.0 Å². The Morgan fingerprint density at radius 2 is 1.23 bits per heavy atom. The molecule has 154 valence electrons. The molecule has 2 aromatic rings. The van der Waals surface area contributed by atoms with Crippen LogP contribution in [0.5, 0.6) is 0 Å². The molecule has 30 heavy (non-hydrogen) atoms. The van der Waals surface area contributed by atoms with Gasteiger partial charge in [-0.25, -0.2) is 0 Å². The number of allylic oxidation sites excluding steroid dienone is 4. The molecule has 0 radical (unpaired) electrons. The predicted octanol–water partition coefficient (Wildman–Crippen LogP) is 4.37. The summed E-state index contributed by atoms with van der Waals surface area (Å²) in [5.41, 5.74) is 6.60. The van der Waals surface area contributed by atoms with Gasteiger partial charge in [0.2, 0.25) is 0 Å². The molecule has 3 unspecified atom stereocenters. The van der Waals surface area contributed by atoms with Crippen LogP contribution in [0.1, 0.15) is 11.1 Å². The second kappa shape index (κ2) is 7.25. The van der Waals surface area contributed by atoms with Crippen LogP contribution in [-0.4, -0.2) is 47.2 Å². The zero-order chi connectivity index (χ0) is 21.6. The number of anilines is 2. The van der Waals surface area contributed by atoms with E-state index < -0.39 is 5.41 Å². The van der Waals surface area contributed by atoms with Crippen LogP contribution >= 0.6 is 0 Å². The average Bonchev–Trinajstić information content (AvgIpc) is 3.43. The van der Waals surface area contributed by atoms with E-state index in [0.717, 1.165) is 11.3 Å². The number of rotatable bonds is 5. The second-order valence-electron chi connectivity index (χ2n) is 8.93. The summed E-state index contributed by atoms with van der Waals surface area (Å²) in [5.74, 6) is 0.344. The highest BCUT2D eigenvalue weighted by Crippen LogP contribution is 2.69.